The lowest BCUT2D eigenvalue weighted by Crippen LogP contribution is -2.33. The maximum atomic E-state index is 10.8. The van der Waals surface area contributed by atoms with Crippen molar-refractivity contribution in [3.05, 3.63) is 11.8 Å². The van der Waals surface area contributed by atoms with Crippen LogP contribution in [0.3, 0.4) is 0 Å². The molecule has 0 spiro atoms. The Morgan fingerprint density at radius 1 is 1.50 bits per heavy atom. The largest absolute Gasteiger partial charge is 0.472 e. The van der Waals surface area contributed by atoms with Crippen LogP contribution >= 0.6 is 0 Å². The second-order valence-electron chi connectivity index (χ2n) is 3.99. The predicted octanol–water partition coefficient (Wildman–Crippen LogP) is 0.833. The van der Waals surface area contributed by atoms with Gasteiger partial charge in [0.25, 0.3) is 0 Å². The van der Waals surface area contributed by atoms with Gasteiger partial charge in [-0.2, -0.15) is 0 Å². The summed E-state index contributed by atoms with van der Waals surface area (Å²) in [5, 5.41) is 18.4. The van der Waals surface area contributed by atoms with Crippen molar-refractivity contribution in [2.45, 2.75) is 34.0 Å². The number of carbonyl (C=O) groups excluding carboxylic acids is 1. The molecule has 4 nitrogen and oxygen atoms in total. The molecule has 0 aliphatic carbocycles. The van der Waals surface area contributed by atoms with E-state index in [0.717, 1.165) is 0 Å². The molecule has 0 radical (unpaired) electrons. The molecule has 0 aromatic rings. The molecule has 0 heterocycles. The van der Waals surface area contributed by atoms with Crippen molar-refractivity contribution in [3.8, 4) is 0 Å². The molecule has 0 unspecified atom stereocenters. The topological polar surface area (TPSA) is 66.8 Å². The van der Waals surface area contributed by atoms with Crippen molar-refractivity contribution in [1.29, 1.82) is 0 Å². The van der Waals surface area contributed by atoms with E-state index in [1.807, 2.05) is 0 Å². The molecule has 0 rings (SSSR count). The zero-order valence-corrected chi connectivity index (χ0v) is 9.07. The average molecular weight is 202 g/mol. The summed E-state index contributed by atoms with van der Waals surface area (Å²) in [5.74, 6) is -0.112. The summed E-state index contributed by atoms with van der Waals surface area (Å²) in [4.78, 5) is 10.8. The molecule has 4 heteroatoms. The molecule has 0 saturated carbocycles. The number of rotatable bonds is 5. The predicted molar refractivity (Wildman–Crippen MR) is 52.4 cm³/mol. The number of hydrogen-bond donors (Lipinski definition) is 2. The van der Waals surface area contributed by atoms with Crippen molar-refractivity contribution in [2.75, 3.05) is 6.61 Å². The van der Waals surface area contributed by atoms with Gasteiger partial charge in [0.1, 0.15) is 0 Å². The van der Waals surface area contributed by atoms with Gasteiger partial charge in [0.05, 0.1) is 18.3 Å². The van der Waals surface area contributed by atoms with Crippen molar-refractivity contribution in [1.82, 2.24) is 0 Å². The van der Waals surface area contributed by atoms with Gasteiger partial charge in [-0.3, -0.25) is 4.79 Å². The van der Waals surface area contributed by atoms with Gasteiger partial charge in [0, 0.05) is 5.57 Å². The number of allylic oxidation sites excluding steroid dienone is 1. The van der Waals surface area contributed by atoms with Crippen molar-refractivity contribution in [3.63, 3.8) is 0 Å². The minimum absolute atomic E-state index is 0.112. The van der Waals surface area contributed by atoms with Crippen LogP contribution in [0.25, 0.3) is 0 Å². The van der Waals surface area contributed by atoms with Gasteiger partial charge in [-0.05, 0) is 13.8 Å². The molecule has 2 N–H and O–H groups in total. The second kappa shape index (κ2) is 5.12. The van der Waals surface area contributed by atoms with Gasteiger partial charge in [-0.15, -0.1) is 0 Å². The van der Waals surface area contributed by atoms with E-state index in [1.165, 1.54) is 13.2 Å². The molecule has 1 atom stereocenters. The summed E-state index contributed by atoms with van der Waals surface area (Å²) < 4.78 is 4.93. The normalized spacial score (nSPS) is 15.1. The molecule has 0 saturated heterocycles. The van der Waals surface area contributed by atoms with E-state index in [0.29, 0.717) is 5.57 Å². The molecule has 0 fully saturated rings. The van der Waals surface area contributed by atoms with E-state index >= 15 is 0 Å². The third kappa shape index (κ3) is 3.89. The highest BCUT2D eigenvalue weighted by atomic mass is 16.6. The van der Waals surface area contributed by atoms with E-state index < -0.39 is 11.7 Å². The number of aliphatic hydroxyl groups excluding tert-OH is 2. The first-order chi connectivity index (χ1) is 6.31. The quantitative estimate of drug-likeness (QED) is 0.394. The SMILES string of the molecule is CC(=O)/C(C)=C/O[C@H](O)C(C)(C)CO. The fourth-order valence-electron chi connectivity index (χ4n) is 0.512. The number of aliphatic hydroxyl groups is 2. The molecule has 0 aliphatic rings. The number of Topliss-reactive ketones (excluding diaryl/α,β-unsaturated/α-hetero) is 1. The minimum atomic E-state index is -1.12. The number of hydrogen-bond acceptors (Lipinski definition) is 4. The smallest absolute Gasteiger partial charge is 0.203 e. The van der Waals surface area contributed by atoms with E-state index in [-0.39, 0.29) is 12.4 Å². The lowest BCUT2D eigenvalue weighted by atomic mass is 9.94. The molecular formula is C10H18O4. The molecule has 0 aromatic heterocycles. The maximum Gasteiger partial charge on any atom is 0.203 e. The highest BCUT2D eigenvalue weighted by Gasteiger charge is 2.28. The molecule has 0 aliphatic heterocycles. The van der Waals surface area contributed by atoms with E-state index in [1.54, 1.807) is 20.8 Å². The van der Waals surface area contributed by atoms with E-state index in [2.05, 4.69) is 0 Å². The van der Waals surface area contributed by atoms with E-state index in [4.69, 9.17) is 9.84 Å². The lowest BCUT2D eigenvalue weighted by molar-refractivity contribution is -0.143. The lowest BCUT2D eigenvalue weighted by Gasteiger charge is -2.27. The summed E-state index contributed by atoms with van der Waals surface area (Å²) in [6, 6.07) is 0. The Hall–Kier alpha value is -0.870. The Bertz CT molecular complexity index is 230. The van der Waals surface area contributed by atoms with Gasteiger partial charge in [-0.25, -0.2) is 0 Å². The first kappa shape index (κ1) is 13.1. The summed E-state index contributed by atoms with van der Waals surface area (Å²) in [7, 11) is 0. The fraction of sp³-hybridized carbons (Fsp3) is 0.700. The Kier molecular flexibility index (Phi) is 4.80. The number of ether oxygens (including phenoxy) is 1. The first-order valence-electron chi connectivity index (χ1n) is 4.43. The Labute approximate surface area is 84.2 Å². The summed E-state index contributed by atoms with van der Waals surface area (Å²) in [6.07, 6.45) is 0.0894. The van der Waals surface area contributed by atoms with Crippen LogP contribution in [0.4, 0.5) is 0 Å². The van der Waals surface area contributed by atoms with Crippen LogP contribution < -0.4 is 0 Å². The monoisotopic (exact) mass is 202 g/mol. The minimum Gasteiger partial charge on any atom is -0.472 e. The second-order valence-corrected chi connectivity index (χ2v) is 3.99. The van der Waals surface area contributed by atoms with Crippen LogP contribution in [-0.2, 0) is 9.53 Å². The molecular weight excluding hydrogens is 184 g/mol. The van der Waals surface area contributed by atoms with Crippen LogP contribution in [0.5, 0.6) is 0 Å². The highest BCUT2D eigenvalue weighted by Crippen LogP contribution is 2.20. The summed E-state index contributed by atoms with van der Waals surface area (Å²) in [5.41, 5.74) is -0.314. The molecule has 0 amide bonds. The van der Waals surface area contributed by atoms with Gasteiger partial charge in [-0.1, -0.05) is 13.8 Å². The molecule has 82 valence electrons. The van der Waals surface area contributed by atoms with Crippen LogP contribution in [0.15, 0.2) is 11.8 Å². The van der Waals surface area contributed by atoms with Crippen LogP contribution in [0.2, 0.25) is 0 Å². The summed E-state index contributed by atoms with van der Waals surface area (Å²) >= 11 is 0. The van der Waals surface area contributed by atoms with Crippen LogP contribution in [0.1, 0.15) is 27.7 Å². The average Bonchev–Trinajstić information content (AvgIpc) is 2.13. The first-order valence-corrected chi connectivity index (χ1v) is 4.43. The van der Waals surface area contributed by atoms with Crippen molar-refractivity contribution in [2.24, 2.45) is 5.41 Å². The van der Waals surface area contributed by atoms with Crippen LogP contribution in [0, 0.1) is 5.41 Å². The third-order valence-electron chi connectivity index (χ3n) is 2.01. The van der Waals surface area contributed by atoms with Gasteiger partial charge in [0.2, 0.25) is 6.29 Å². The zero-order valence-electron chi connectivity index (χ0n) is 9.07. The van der Waals surface area contributed by atoms with Crippen molar-refractivity contribution < 1.29 is 19.7 Å². The molecule has 0 bridgehead atoms. The number of carbonyl (C=O) groups is 1. The van der Waals surface area contributed by atoms with Gasteiger partial charge >= 0.3 is 0 Å². The van der Waals surface area contributed by atoms with Crippen molar-refractivity contribution >= 4 is 5.78 Å². The highest BCUT2D eigenvalue weighted by molar-refractivity contribution is 5.92. The van der Waals surface area contributed by atoms with E-state index in [9.17, 15) is 9.90 Å². The number of ketones is 1. The summed E-state index contributed by atoms with van der Waals surface area (Å²) in [6.45, 7) is 6.14. The standard InChI is InChI=1S/C10H18O4/c1-7(8(2)12)5-14-9(13)10(3,4)6-11/h5,9,11,13H,6H2,1-4H3/b7-5+/t9-/m0/s1. The van der Waals surface area contributed by atoms with Gasteiger partial charge in [0.15, 0.2) is 5.78 Å². The van der Waals surface area contributed by atoms with Crippen LogP contribution in [-0.4, -0.2) is 28.9 Å². The maximum absolute atomic E-state index is 10.8. The Balaban J connectivity index is 4.28. The Morgan fingerprint density at radius 3 is 2.36 bits per heavy atom. The third-order valence-corrected chi connectivity index (χ3v) is 2.01. The zero-order chi connectivity index (χ0) is 11.4. The molecule has 0 aromatic carbocycles. The molecule has 14 heavy (non-hydrogen) atoms. The Morgan fingerprint density at radius 2 is 2.00 bits per heavy atom. The fourth-order valence-corrected chi connectivity index (χ4v) is 0.512. The van der Waals surface area contributed by atoms with Gasteiger partial charge < -0.3 is 14.9 Å².